The van der Waals surface area contributed by atoms with Crippen molar-refractivity contribution in [2.75, 3.05) is 0 Å². The molecule has 3 rings (SSSR count). The van der Waals surface area contributed by atoms with Gasteiger partial charge in [-0.15, -0.1) is 0 Å². The molecule has 28 heavy (non-hydrogen) atoms. The number of benzene rings is 2. The van der Waals surface area contributed by atoms with Gasteiger partial charge in [-0.05, 0) is 37.3 Å². The summed E-state index contributed by atoms with van der Waals surface area (Å²) in [6.45, 7) is 1.21. The minimum Gasteiger partial charge on any atom is -0.457 e. The number of aromatic nitrogens is 3. The molecule has 1 N–H and O–H groups in total. The lowest BCUT2D eigenvalue weighted by Crippen LogP contribution is -2.29. The molecule has 0 aliphatic heterocycles. The quantitative estimate of drug-likeness (QED) is 0.594. The van der Waals surface area contributed by atoms with Crippen LogP contribution in [0.2, 0.25) is 10.0 Å². The number of alkyl halides is 3. The van der Waals surface area contributed by atoms with Crippen LogP contribution in [-0.2, 0) is 18.3 Å². The minimum absolute atomic E-state index is 0.0814. The summed E-state index contributed by atoms with van der Waals surface area (Å²) in [4.78, 5) is 3.74. The molecular weight excluding hydrogens is 418 g/mol. The van der Waals surface area contributed by atoms with Gasteiger partial charge in [-0.1, -0.05) is 23.2 Å². The second-order valence-electron chi connectivity index (χ2n) is 6.25. The summed E-state index contributed by atoms with van der Waals surface area (Å²) in [5.74, 6) is -0.326. The molecule has 0 bridgehead atoms. The van der Waals surface area contributed by atoms with Crippen LogP contribution in [0.3, 0.4) is 0 Å². The van der Waals surface area contributed by atoms with E-state index in [1.54, 1.807) is 0 Å². The van der Waals surface area contributed by atoms with Gasteiger partial charge in [-0.2, -0.15) is 18.3 Å². The second kappa shape index (κ2) is 7.62. The number of rotatable bonds is 5. The predicted octanol–water partition coefficient (Wildman–Crippen LogP) is 5.30. The van der Waals surface area contributed by atoms with Crippen LogP contribution >= 0.6 is 23.2 Å². The molecule has 1 atom stereocenters. The number of halogens is 5. The molecule has 0 fully saturated rings. The highest BCUT2D eigenvalue weighted by Crippen LogP contribution is 2.43. The molecule has 0 saturated carbocycles. The van der Waals surface area contributed by atoms with E-state index in [-0.39, 0.29) is 22.9 Å². The molecule has 2 aromatic carbocycles. The summed E-state index contributed by atoms with van der Waals surface area (Å²) in [5, 5.41) is 14.9. The van der Waals surface area contributed by atoms with E-state index in [2.05, 4.69) is 10.1 Å². The van der Waals surface area contributed by atoms with Gasteiger partial charge < -0.3 is 9.84 Å². The summed E-state index contributed by atoms with van der Waals surface area (Å²) in [5.41, 5.74) is -2.91. The number of nitrogens with zero attached hydrogens (tertiary/aromatic N) is 3. The molecule has 0 spiro atoms. The van der Waals surface area contributed by atoms with Gasteiger partial charge in [0.2, 0.25) is 0 Å². The van der Waals surface area contributed by atoms with E-state index in [0.29, 0.717) is 5.02 Å². The largest absolute Gasteiger partial charge is 0.457 e. The maximum Gasteiger partial charge on any atom is 0.419 e. The molecule has 5 nitrogen and oxygen atoms in total. The Kier molecular flexibility index (Phi) is 5.56. The van der Waals surface area contributed by atoms with Crippen molar-refractivity contribution in [3.05, 3.63) is 70.2 Å². The van der Waals surface area contributed by atoms with E-state index in [0.717, 1.165) is 12.1 Å². The van der Waals surface area contributed by atoms with E-state index in [1.165, 1.54) is 48.5 Å². The zero-order valence-electron chi connectivity index (χ0n) is 14.4. The first-order valence-electron chi connectivity index (χ1n) is 7.96. The third-order valence-corrected chi connectivity index (χ3v) is 4.50. The second-order valence-corrected chi connectivity index (χ2v) is 7.09. The van der Waals surface area contributed by atoms with Crippen molar-refractivity contribution in [1.82, 2.24) is 14.8 Å². The number of hydrogen-bond donors (Lipinski definition) is 1. The van der Waals surface area contributed by atoms with Crippen LogP contribution in [0.1, 0.15) is 18.1 Å². The van der Waals surface area contributed by atoms with Gasteiger partial charge in [0.15, 0.2) is 0 Å². The maximum absolute atomic E-state index is 13.6. The van der Waals surface area contributed by atoms with Crippen molar-refractivity contribution < 1.29 is 23.0 Å². The van der Waals surface area contributed by atoms with Crippen molar-refractivity contribution in [1.29, 1.82) is 0 Å². The van der Waals surface area contributed by atoms with E-state index in [1.807, 2.05) is 0 Å². The molecule has 1 unspecified atom stereocenters. The van der Waals surface area contributed by atoms with Crippen LogP contribution in [0.4, 0.5) is 13.2 Å². The van der Waals surface area contributed by atoms with Crippen molar-refractivity contribution in [3.63, 3.8) is 0 Å². The van der Waals surface area contributed by atoms with Gasteiger partial charge >= 0.3 is 6.18 Å². The normalized spacial score (nSPS) is 14.0. The standard InChI is InChI=1S/C18H14Cl2F3N3O2/c1-17(27,8-26-10-24-9-25-26)13-6-14(18(21,22)23)16(7-15(13)20)28-12-4-2-11(19)3-5-12/h2-7,9-10,27H,8H2,1H3. The molecule has 10 heteroatoms. The van der Waals surface area contributed by atoms with Crippen LogP contribution in [0, 0.1) is 0 Å². The first-order valence-corrected chi connectivity index (χ1v) is 8.71. The SMILES string of the molecule is CC(O)(Cn1cncn1)c1cc(C(F)(F)F)c(Oc2ccc(Cl)cc2)cc1Cl. The van der Waals surface area contributed by atoms with Gasteiger partial charge in [0.25, 0.3) is 0 Å². The first kappa shape index (κ1) is 20.4. The summed E-state index contributed by atoms with van der Waals surface area (Å²) >= 11 is 12.0. The Hall–Kier alpha value is -2.29. The molecule has 1 heterocycles. The Balaban J connectivity index is 2.03. The Morgan fingerprint density at radius 2 is 1.79 bits per heavy atom. The van der Waals surface area contributed by atoms with Crippen molar-refractivity contribution >= 4 is 23.2 Å². The van der Waals surface area contributed by atoms with Gasteiger partial charge in [0, 0.05) is 16.7 Å². The molecule has 0 saturated heterocycles. The van der Waals surface area contributed by atoms with Crippen molar-refractivity contribution in [3.8, 4) is 11.5 Å². The monoisotopic (exact) mass is 431 g/mol. The third kappa shape index (κ3) is 4.57. The number of hydrogen-bond acceptors (Lipinski definition) is 4. The highest BCUT2D eigenvalue weighted by atomic mass is 35.5. The molecule has 1 aromatic heterocycles. The Morgan fingerprint density at radius 3 is 2.36 bits per heavy atom. The van der Waals surface area contributed by atoms with Crippen LogP contribution in [0.15, 0.2) is 49.1 Å². The topological polar surface area (TPSA) is 60.2 Å². The van der Waals surface area contributed by atoms with Crippen LogP contribution < -0.4 is 4.74 Å². The van der Waals surface area contributed by atoms with Gasteiger partial charge in [-0.3, -0.25) is 0 Å². The lowest BCUT2D eigenvalue weighted by molar-refractivity contribution is -0.138. The molecule has 0 radical (unpaired) electrons. The summed E-state index contributed by atoms with van der Waals surface area (Å²) in [6, 6.07) is 7.66. The average Bonchev–Trinajstić information content (AvgIpc) is 3.08. The average molecular weight is 432 g/mol. The minimum atomic E-state index is -4.73. The van der Waals surface area contributed by atoms with E-state index in [9.17, 15) is 18.3 Å². The van der Waals surface area contributed by atoms with Crippen molar-refractivity contribution in [2.24, 2.45) is 0 Å². The maximum atomic E-state index is 13.6. The fourth-order valence-corrected chi connectivity index (χ4v) is 3.10. The fourth-order valence-electron chi connectivity index (χ4n) is 2.62. The first-order chi connectivity index (χ1) is 13.1. The molecule has 0 amide bonds. The number of aliphatic hydroxyl groups is 1. The van der Waals surface area contributed by atoms with E-state index in [4.69, 9.17) is 27.9 Å². The van der Waals surface area contributed by atoms with Crippen LogP contribution in [0.5, 0.6) is 11.5 Å². The molecule has 3 aromatic rings. The van der Waals surface area contributed by atoms with Gasteiger partial charge in [0.1, 0.15) is 29.8 Å². The van der Waals surface area contributed by atoms with E-state index < -0.39 is 23.1 Å². The lowest BCUT2D eigenvalue weighted by Gasteiger charge is -2.26. The Labute approximate surface area is 168 Å². The highest BCUT2D eigenvalue weighted by Gasteiger charge is 2.38. The van der Waals surface area contributed by atoms with Gasteiger partial charge in [-0.25, -0.2) is 9.67 Å². The Morgan fingerprint density at radius 1 is 1.11 bits per heavy atom. The number of ether oxygens (including phenoxy) is 1. The third-order valence-electron chi connectivity index (χ3n) is 3.93. The van der Waals surface area contributed by atoms with Gasteiger partial charge in [0.05, 0.1) is 17.1 Å². The summed E-state index contributed by atoms with van der Waals surface area (Å²) in [7, 11) is 0. The zero-order chi connectivity index (χ0) is 20.5. The van der Waals surface area contributed by atoms with E-state index >= 15 is 0 Å². The fraction of sp³-hybridized carbons (Fsp3) is 0.222. The molecular formula is C18H14Cl2F3N3O2. The molecule has 148 valence electrons. The summed E-state index contributed by atoms with van der Waals surface area (Å²) < 4.78 is 47.6. The predicted molar refractivity (Wildman–Crippen MR) is 97.6 cm³/mol. The zero-order valence-corrected chi connectivity index (χ0v) is 15.9. The smallest absolute Gasteiger partial charge is 0.419 e. The Bertz CT molecular complexity index is 959. The van der Waals surface area contributed by atoms with Crippen molar-refractivity contribution in [2.45, 2.75) is 25.2 Å². The lowest BCUT2D eigenvalue weighted by atomic mass is 9.93. The van der Waals surface area contributed by atoms with Crippen LogP contribution in [-0.4, -0.2) is 19.9 Å². The molecule has 0 aliphatic rings. The summed E-state index contributed by atoms with van der Waals surface area (Å²) in [6.07, 6.45) is -2.14. The highest BCUT2D eigenvalue weighted by molar-refractivity contribution is 6.31. The molecule has 0 aliphatic carbocycles. The van der Waals surface area contributed by atoms with Crippen LogP contribution in [0.25, 0.3) is 0 Å².